The molecule has 3 saturated carbocycles. The zero-order valence-corrected chi connectivity index (χ0v) is 22.9. The van der Waals surface area contributed by atoms with Gasteiger partial charge in [0, 0.05) is 17.9 Å². The van der Waals surface area contributed by atoms with E-state index in [1.54, 1.807) is 5.57 Å². The van der Waals surface area contributed by atoms with E-state index in [0.717, 1.165) is 43.8 Å². The Labute approximate surface area is 198 Å². The fourth-order valence-corrected chi connectivity index (χ4v) is 9.72. The number of fused-ring (bicyclic) bond motifs is 6. The second-order valence-electron chi connectivity index (χ2n) is 13.8. The van der Waals surface area contributed by atoms with Gasteiger partial charge < -0.3 is 13.9 Å². The first kappa shape index (κ1) is 23.6. The van der Waals surface area contributed by atoms with Gasteiger partial charge in [-0.2, -0.15) is 0 Å². The summed E-state index contributed by atoms with van der Waals surface area (Å²) in [6.45, 7) is 18.8. The normalized spacial score (nSPS) is 43.9. The van der Waals surface area contributed by atoms with Crippen molar-refractivity contribution >= 4 is 8.32 Å². The van der Waals surface area contributed by atoms with Crippen molar-refractivity contribution in [1.82, 2.24) is 0 Å². The quantitative estimate of drug-likeness (QED) is 0.316. The Kier molecular flexibility index (Phi) is 5.65. The minimum absolute atomic E-state index is 0.193. The van der Waals surface area contributed by atoms with Gasteiger partial charge >= 0.3 is 0 Å². The fourth-order valence-electron chi connectivity index (χ4n) is 8.33. The highest BCUT2D eigenvalue weighted by Crippen LogP contribution is 2.68. The molecule has 0 aromatic carbocycles. The number of hydrogen-bond acceptors (Lipinski definition) is 3. The second-order valence-corrected chi connectivity index (χ2v) is 18.6. The minimum atomic E-state index is -1.71. The lowest BCUT2D eigenvalue weighted by Gasteiger charge is -2.60. The first-order valence-corrected chi connectivity index (χ1v) is 16.5. The van der Waals surface area contributed by atoms with Gasteiger partial charge in [-0.1, -0.05) is 46.3 Å². The van der Waals surface area contributed by atoms with E-state index in [2.05, 4.69) is 53.8 Å². The van der Waals surface area contributed by atoms with Gasteiger partial charge in [-0.25, -0.2) is 0 Å². The van der Waals surface area contributed by atoms with E-state index < -0.39 is 8.32 Å². The van der Waals surface area contributed by atoms with Gasteiger partial charge in [0.1, 0.15) is 0 Å². The van der Waals surface area contributed by atoms with Crippen molar-refractivity contribution in [1.29, 1.82) is 0 Å². The summed E-state index contributed by atoms with van der Waals surface area (Å²) in [5, 5.41) is 0.287. The van der Waals surface area contributed by atoms with E-state index in [9.17, 15) is 0 Å². The van der Waals surface area contributed by atoms with Crippen molar-refractivity contribution in [3.8, 4) is 0 Å². The Morgan fingerprint density at radius 2 is 1.66 bits per heavy atom. The molecule has 0 aromatic heterocycles. The van der Waals surface area contributed by atoms with Crippen LogP contribution in [0.2, 0.25) is 18.1 Å². The van der Waals surface area contributed by atoms with E-state index >= 15 is 0 Å². The second kappa shape index (κ2) is 7.67. The molecule has 4 fully saturated rings. The summed E-state index contributed by atoms with van der Waals surface area (Å²) in [6.07, 6.45) is 14.1. The minimum Gasteiger partial charge on any atom is -0.414 e. The van der Waals surface area contributed by atoms with E-state index in [0.29, 0.717) is 11.5 Å². The molecule has 32 heavy (non-hydrogen) atoms. The Morgan fingerprint density at radius 1 is 0.969 bits per heavy atom. The maximum Gasteiger partial charge on any atom is 0.192 e. The van der Waals surface area contributed by atoms with Crippen molar-refractivity contribution in [2.45, 2.75) is 122 Å². The van der Waals surface area contributed by atoms with Crippen LogP contribution in [0.3, 0.4) is 0 Å². The Bertz CT molecular complexity index is 761. The maximum atomic E-state index is 6.90. The molecule has 0 amide bonds. The molecule has 1 aliphatic heterocycles. The van der Waals surface area contributed by atoms with Crippen LogP contribution < -0.4 is 0 Å². The van der Waals surface area contributed by atoms with Crippen LogP contribution in [-0.4, -0.2) is 33.4 Å². The number of ether oxygens (including phenoxy) is 2. The molecule has 0 bridgehead atoms. The lowest BCUT2D eigenvalue weighted by Crippen LogP contribution is -2.57. The van der Waals surface area contributed by atoms with Gasteiger partial charge in [-0.15, -0.1) is 0 Å². The van der Waals surface area contributed by atoms with Crippen molar-refractivity contribution in [3.63, 3.8) is 0 Å². The summed E-state index contributed by atoms with van der Waals surface area (Å²) in [4.78, 5) is 0. The molecule has 1 spiro atoms. The van der Waals surface area contributed by atoms with Crippen LogP contribution >= 0.6 is 0 Å². The molecular weight excluding hydrogens is 412 g/mol. The molecule has 1 saturated heterocycles. The summed E-state index contributed by atoms with van der Waals surface area (Å²) < 4.78 is 19.8. The molecule has 0 N–H and O–H groups in total. The fraction of sp³-hybridized carbons (Fsp3) is 0.929. The molecule has 5 rings (SSSR count). The molecule has 0 radical (unpaired) electrons. The average molecular weight is 461 g/mol. The van der Waals surface area contributed by atoms with Gasteiger partial charge in [0.15, 0.2) is 14.1 Å². The molecule has 5 aliphatic rings. The highest BCUT2D eigenvalue weighted by Gasteiger charge is 2.66. The van der Waals surface area contributed by atoms with E-state index in [1.807, 2.05) is 0 Å². The molecular formula is C28H48O3Si. The third kappa shape index (κ3) is 3.37. The summed E-state index contributed by atoms with van der Waals surface area (Å²) in [5.41, 5.74) is 2.30. The summed E-state index contributed by atoms with van der Waals surface area (Å²) in [6, 6.07) is 0. The summed E-state index contributed by atoms with van der Waals surface area (Å²) in [5.74, 6) is 2.08. The Morgan fingerprint density at radius 3 is 2.34 bits per heavy atom. The zero-order chi connectivity index (χ0) is 23.0. The number of rotatable bonds is 2. The van der Waals surface area contributed by atoms with Crippen molar-refractivity contribution in [2.24, 2.45) is 28.6 Å². The molecule has 6 unspecified atom stereocenters. The molecule has 1 heterocycles. The third-order valence-corrected chi connectivity index (χ3v) is 15.9. The van der Waals surface area contributed by atoms with Gasteiger partial charge in [0.2, 0.25) is 0 Å². The van der Waals surface area contributed by atoms with Crippen LogP contribution in [0.4, 0.5) is 0 Å². The first-order chi connectivity index (χ1) is 14.9. The molecule has 0 aromatic rings. The SMILES string of the molecule is CC12CCC(O[Si](C)(C)C(C)(C)C)CC1=CCC1C2CCC2(C)C1CCC21OCCCO1. The number of allylic oxidation sites excluding steroid dienone is 1. The predicted molar refractivity (Wildman–Crippen MR) is 133 cm³/mol. The van der Waals surface area contributed by atoms with Gasteiger partial charge in [-0.05, 0) is 92.7 Å². The van der Waals surface area contributed by atoms with Gasteiger partial charge in [0.05, 0.1) is 13.2 Å². The standard InChI is InChI=1S/C28H48O3Si/c1-25(2,3)32(6,7)31-21-11-14-26(4)20(19-21)9-10-22-23(26)12-15-27(5)24(22)13-16-28(27)29-17-8-18-30-28/h9,21-24H,8,10-19H2,1-7H3. The van der Waals surface area contributed by atoms with E-state index in [4.69, 9.17) is 13.9 Å². The third-order valence-electron chi connectivity index (χ3n) is 11.3. The maximum absolute atomic E-state index is 6.90. The van der Waals surface area contributed by atoms with Crippen LogP contribution in [0.5, 0.6) is 0 Å². The molecule has 4 heteroatoms. The Hall–Kier alpha value is -0.163. The van der Waals surface area contributed by atoms with Crippen LogP contribution in [0.25, 0.3) is 0 Å². The average Bonchev–Trinajstić information content (AvgIpc) is 3.00. The molecule has 3 nitrogen and oxygen atoms in total. The van der Waals surface area contributed by atoms with Gasteiger partial charge in [0.25, 0.3) is 0 Å². The lowest BCUT2D eigenvalue weighted by atomic mass is 9.47. The van der Waals surface area contributed by atoms with E-state index in [-0.39, 0.29) is 16.2 Å². The lowest BCUT2D eigenvalue weighted by molar-refractivity contribution is -0.322. The molecule has 182 valence electrons. The largest absolute Gasteiger partial charge is 0.414 e. The van der Waals surface area contributed by atoms with Crippen LogP contribution in [0.15, 0.2) is 11.6 Å². The van der Waals surface area contributed by atoms with E-state index in [1.165, 1.54) is 44.9 Å². The van der Waals surface area contributed by atoms with Crippen molar-refractivity contribution in [2.75, 3.05) is 13.2 Å². The summed E-state index contributed by atoms with van der Waals surface area (Å²) >= 11 is 0. The first-order valence-electron chi connectivity index (χ1n) is 13.6. The number of hydrogen-bond donors (Lipinski definition) is 0. The van der Waals surface area contributed by atoms with Crippen LogP contribution in [-0.2, 0) is 13.9 Å². The Balaban J connectivity index is 1.35. The topological polar surface area (TPSA) is 27.7 Å². The molecule has 6 atom stereocenters. The van der Waals surface area contributed by atoms with Gasteiger partial charge in [-0.3, -0.25) is 0 Å². The molecule has 4 aliphatic carbocycles. The predicted octanol–water partition coefficient (Wildman–Crippen LogP) is 7.47. The smallest absolute Gasteiger partial charge is 0.192 e. The monoisotopic (exact) mass is 460 g/mol. The van der Waals surface area contributed by atoms with Crippen molar-refractivity contribution in [3.05, 3.63) is 11.6 Å². The highest BCUT2D eigenvalue weighted by molar-refractivity contribution is 6.74. The van der Waals surface area contributed by atoms with Crippen molar-refractivity contribution < 1.29 is 13.9 Å². The van der Waals surface area contributed by atoms with Crippen LogP contribution in [0, 0.1) is 28.6 Å². The van der Waals surface area contributed by atoms with Crippen LogP contribution in [0.1, 0.15) is 92.4 Å². The highest BCUT2D eigenvalue weighted by atomic mass is 28.4. The zero-order valence-electron chi connectivity index (χ0n) is 21.9. The summed E-state index contributed by atoms with van der Waals surface area (Å²) in [7, 11) is -1.71.